The number of hydrogen-bond donors (Lipinski definition) is 0. The molecule has 0 radical (unpaired) electrons. The SMILES string of the molecule is O=C(OCc1ccc(Cl)c(Cl)c1)c1ccc(CS(=O)(=O)Cc2ccccc2)cc1. The van der Waals surface area contributed by atoms with Gasteiger partial charge in [0.25, 0.3) is 0 Å². The Labute approximate surface area is 180 Å². The lowest BCUT2D eigenvalue weighted by Crippen LogP contribution is -2.09. The van der Waals surface area contributed by atoms with Crippen molar-refractivity contribution in [2.75, 3.05) is 0 Å². The van der Waals surface area contributed by atoms with Gasteiger partial charge in [-0.3, -0.25) is 0 Å². The molecule has 3 aromatic rings. The van der Waals surface area contributed by atoms with Crippen LogP contribution >= 0.6 is 23.2 Å². The number of carbonyl (C=O) groups is 1. The second-order valence-electron chi connectivity index (χ2n) is 6.54. The summed E-state index contributed by atoms with van der Waals surface area (Å²) in [6.45, 7) is 0.0585. The van der Waals surface area contributed by atoms with Gasteiger partial charge in [0.1, 0.15) is 6.61 Å². The number of sulfone groups is 1. The van der Waals surface area contributed by atoms with Crippen LogP contribution in [0.15, 0.2) is 72.8 Å². The number of benzene rings is 3. The lowest BCUT2D eigenvalue weighted by molar-refractivity contribution is 0.0472. The summed E-state index contributed by atoms with van der Waals surface area (Å²) in [6.07, 6.45) is 0. The third-order valence-electron chi connectivity index (χ3n) is 4.16. The van der Waals surface area contributed by atoms with E-state index in [1.807, 2.05) is 18.2 Å². The van der Waals surface area contributed by atoms with Gasteiger partial charge < -0.3 is 4.74 Å². The van der Waals surface area contributed by atoms with Crippen LogP contribution in [-0.4, -0.2) is 14.4 Å². The fraction of sp³-hybridized carbons (Fsp3) is 0.136. The predicted molar refractivity (Wildman–Crippen MR) is 115 cm³/mol. The van der Waals surface area contributed by atoms with Crippen molar-refractivity contribution in [3.05, 3.63) is 105 Å². The zero-order valence-electron chi connectivity index (χ0n) is 15.3. The largest absolute Gasteiger partial charge is 0.457 e. The van der Waals surface area contributed by atoms with Crippen molar-refractivity contribution in [2.45, 2.75) is 18.1 Å². The van der Waals surface area contributed by atoms with E-state index in [1.165, 1.54) is 0 Å². The standard InChI is InChI=1S/C22H18Cl2O4S/c23-20-11-8-18(12-21(20)24)13-28-22(25)19-9-6-17(7-10-19)15-29(26,27)14-16-4-2-1-3-5-16/h1-12H,13-15H2. The third kappa shape index (κ3) is 6.32. The van der Waals surface area contributed by atoms with E-state index in [0.29, 0.717) is 21.2 Å². The molecule has 0 heterocycles. The quantitative estimate of drug-likeness (QED) is 0.449. The summed E-state index contributed by atoms with van der Waals surface area (Å²) in [6, 6.07) is 20.4. The molecule has 4 nitrogen and oxygen atoms in total. The molecule has 0 aliphatic carbocycles. The topological polar surface area (TPSA) is 60.4 Å². The molecular weight excluding hydrogens is 431 g/mol. The van der Waals surface area contributed by atoms with Crippen LogP contribution in [0.3, 0.4) is 0 Å². The van der Waals surface area contributed by atoms with Crippen LogP contribution < -0.4 is 0 Å². The first-order chi connectivity index (χ1) is 13.8. The molecule has 0 N–H and O–H groups in total. The highest BCUT2D eigenvalue weighted by Crippen LogP contribution is 2.23. The van der Waals surface area contributed by atoms with Crippen molar-refractivity contribution < 1.29 is 17.9 Å². The molecule has 0 saturated carbocycles. The molecule has 150 valence electrons. The Morgan fingerprint density at radius 3 is 1.97 bits per heavy atom. The average Bonchev–Trinajstić information content (AvgIpc) is 2.69. The van der Waals surface area contributed by atoms with Crippen molar-refractivity contribution in [3.8, 4) is 0 Å². The molecule has 0 unspecified atom stereocenters. The van der Waals surface area contributed by atoms with Crippen molar-refractivity contribution in [2.24, 2.45) is 0 Å². The fourth-order valence-corrected chi connectivity index (χ4v) is 4.56. The van der Waals surface area contributed by atoms with Crippen molar-refractivity contribution in [1.82, 2.24) is 0 Å². The molecule has 0 bridgehead atoms. The molecule has 0 saturated heterocycles. The Hall–Kier alpha value is -2.34. The van der Waals surface area contributed by atoms with Gasteiger partial charge >= 0.3 is 5.97 Å². The molecule has 0 aliphatic rings. The van der Waals surface area contributed by atoms with Gasteiger partial charge in [-0.25, -0.2) is 13.2 Å². The summed E-state index contributed by atoms with van der Waals surface area (Å²) >= 11 is 11.8. The first-order valence-electron chi connectivity index (χ1n) is 8.77. The van der Waals surface area contributed by atoms with Gasteiger partial charge in [0.05, 0.1) is 27.1 Å². The van der Waals surface area contributed by atoms with Crippen LogP contribution in [0.1, 0.15) is 27.0 Å². The van der Waals surface area contributed by atoms with Crippen LogP contribution in [-0.2, 0) is 32.7 Å². The normalized spacial score (nSPS) is 11.2. The van der Waals surface area contributed by atoms with E-state index in [2.05, 4.69) is 0 Å². The number of carbonyl (C=O) groups excluding carboxylic acids is 1. The van der Waals surface area contributed by atoms with Gasteiger partial charge in [-0.1, -0.05) is 71.7 Å². The van der Waals surface area contributed by atoms with Gasteiger partial charge in [-0.05, 0) is 41.0 Å². The molecule has 0 atom stereocenters. The molecule has 3 aromatic carbocycles. The number of rotatable bonds is 7. The van der Waals surface area contributed by atoms with E-state index in [0.717, 1.165) is 11.1 Å². The van der Waals surface area contributed by atoms with Gasteiger partial charge in [0.15, 0.2) is 9.84 Å². The van der Waals surface area contributed by atoms with Crippen LogP contribution in [0, 0.1) is 0 Å². The molecule has 0 amide bonds. The van der Waals surface area contributed by atoms with Crippen LogP contribution in [0.4, 0.5) is 0 Å². The second kappa shape index (κ2) is 9.44. The Kier molecular flexibility index (Phi) is 6.96. The maximum absolute atomic E-state index is 12.4. The third-order valence-corrected chi connectivity index (χ3v) is 6.44. The lowest BCUT2D eigenvalue weighted by Gasteiger charge is -2.08. The van der Waals surface area contributed by atoms with Crippen molar-refractivity contribution in [3.63, 3.8) is 0 Å². The first kappa shape index (κ1) is 21.4. The molecular formula is C22H18Cl2O4S. The van der Waals surface area contributed by atoms with Crippen molar-refractivity contribution >= 4 is 39.0 Å². The summed E-state index contributed by atoms with van der Waals surface area (Å²) in [4.78, 5) is 12.2. The highest BCUT2D eigenvalue weighted by molar-refractivity contribution is 7.89. The molecule has 0 fully saturated rings. The number of halogens is 2. The minimum absolute atomic E-state index is 0.0265. The van der Waals surface area contributed by atoms with Crippen LogP contribution in [0.25, 0.3) is 0 Å². The molecule has 0 aliphatic heterocycles. The fourth-order valence-electron chi connectivity index (χ4n) is 2.73. The predicted octanol–water partition coefficient (Wildman–Crippen LogP) is 5.47. The molecule has 7 heteroatoms. The lowest BCUT2D eigenvalue weighted by atomic mass is 10.1. The van der Waals surface area contributed by atoms with Crippen molar-refractivity contribution in [1.29, 1.82) is 0 Å². The first-order valence-corrected chi connectivity index (χ1v) is 11.3. The maximum atomic E-state index is 12.4. The summed E-state index contributed by atoms with van der Waals surface area (Å²) in [7, 11) is -3.31. The van der Waals surface area contributed by atoms with E-state index in [9.17, 15) is 13.2 Å². The number of esters is 1. The Balaban J connectivity index is 1.58. The Morgan fingerprint density at radius 2 is 1.34 bits per heavy atom. The van der Waals surface area contributed by atoms with E-state index >= 15 is 0 Å². The molecule has 3 rings (SSSR count). The van der Waals surface area contributed by atoms with E-state index in [-0.39, 0.29) is 18.1 Å². The second-order valence-corrected chi connectivity index (χ2v) is 9.42. The molecule has 0 aromatic heterocycles. The Bertz CT molecular complexity index is 1100. The van der Waals surface area contributed by atoms with E-state index < -0.39 is 15.8 Å². The monoisotopic (exact) mass is 448 g/mol. The minimum atomic E-state index is -3.31. The van der Waals surface area contributed by atoms with Crippen LogP contribution in [0.5, 0.6) is 0 Å². The van der Waals surface area contributed by atoms with Gasteiger partial charge in [-0.2, -0.15) is 0 Å². The average molecular weight is 449 g/mol. The number of ether oxygens (including phenoxy) is 1. The Morgan fingerprint density at radius 1 is 0.759 bits per heavy atom. The summed E-state index contributed by atoms with van der Waals surface area (Å²) in [5, 5.41) is 0.820. The van der Waals surface area contributed by atoms with Gasteiger partial charge in [0.2, 0.25) is 0 Å². The van der Waals surface area contributed by atoms with Gasteiger partial charge in [0, 0.05) is 0 Å². The minimum Gasteiger partial charge on any atom is -0.457 e. The smallest absolute Gasteiger partial charge is 0.338 e. The number of hydrogen-bond acceptors (Lipinski definition) is 4. The summed E-state index contributed by atoms with van der Waals surface area (Å²) in [5.41, 5.74) is 2.42. The highest BCUT2D eigenvalue weighted by Gasteiger charge is 2.14. The maximum Gasteiger partial charge on any atom is 0.338 e. The van der Waals surface area contributed by atoms with E-state index in [1.54, 1.807) is 54.6 Å². The molecule has 0 spiro atoms. The summed E-state index contributed by atoms with van der Waals surface area (Å²) in [5.74, 6) is -0.628. The van der Waals surface area contributed by atoms with Gasteiger partial charge in [-0.15, -0.1) is 0 Å². The zero-order chi connectivity index (χ0) is 20.9. The summed E-state index contributed by atoms with van der Waals surface area (Å²) < 4.78 is 30.0. The highest BCUT2D eigenvalue weighted by atomic mass is 35.5. The molecule has 29 heavy (non-hydrogen) atoms. The van der Waals surface area contributed by atoms with E-state index in [4.69, 9.17) is 27.9 Å². The van der Waals surface area contributed by atoms with Crippen LogP contribution in [0.2, 0.25) is 10.0 Å². The zero-order valence-corrected chi connectivity index (χ0v) is 17.7.